The summed E-state index contributed by atoms with van der Waals surface area (Å²) in [5.74, 6) is 0.314. The van der Waals surface area contributed by atoms with Crippen LogP contribution in [0.15, 0.2) is 41.2 Å². The average molecular weight is 398 g/mol. The van der Waals surface area contributed by atoms with Crippen LogP contribution in [0, 0.1) is 0 Å². The van der Waals surface area contributed by atoms with E-state index in [1.165, 1.54) is 11.3 Å². The monoisotopic (exact) mass is 396 g/mol. The van der Waals surface area contributed by atoms with Gasteiger partial charge < -0.3 is 16.8 Å². The summed E-state index contributed by atoms with van der Waals surface area (Å²) >= 11 is 1.44. The van der Waals surface area contributed by atoms with Crippen LogP contribution in [0.3, 0.4) is 0 Å². The van der Waals surface area contributed by atoms with Crippen molar-refractivity contribution in [2.24, 2.45) is 16.5 Å². The van der Waals surface area contributed by atoms with Crippen molar-refractivity contribution in [3.63, 3.8) is 0 Å². The SMILES string of the molecule is C=CCN=C(N)Nc1nc(-c2cccc(CN)n2)cs1.Cl.Cl.Cl. The third-order valence-corrected chi connectivity index (χ3v) is 3.17. The Kier molecular flexibility index (Phi) is 12.6. The quantitative estimate of drug-likeness (QED) is 0.409. The highest BCUT2D eigenvalue weighted by atomic mass is 35.5. The van der Waals surface area contributed by atoms with Crippen molar-refractivity contribution in [3.8, 4) is 11.4 Å². The molecule has 0 aromatic carbocycles. The van der Waals surface area contributed by atoms with Gasteiger partial charge >= 0.3 is 0 Å². The topological polar surface area (TPSA) is 102 Å². The smallest absolute Gasteiger partial charge is 0.195 e. The van der Waals surface area contributed by atoms with E-state index in [0.717, 1.165) is 17.1 Å². The van der Waals surface area contributed by atoms with E-state index in [1.54, 1.807) is 6.08 Å². The second-order valence-electron chi connectivity index (χ2n) is 3.90. The number of aromatic nitrogens is 2. The lowest BCUT2D eigenvalue weighted by atomic mass is 10.2. The highest BCUT2D eigenvalue weighted by Crippen LogP contribution is 2.23. The highest BCUT2D eigenvalue weighted by Gasteiger charge is 2.07. The first-order valence-corrected chi connectivity index (χ1v) is 6.90. The van der Waals surface area contributed by atoms with Gasteiger partial charge in [0.2, 0.25) is 0 Å². The molecule has 0 unspecified atom stereocenters. The molecule has 0 aliphatic rings. The van der Waals surface area contributed by atoms with E-state index in [4.69, 9.17) is 11.5 Å². The van der Waals surface area contributed by atoms with Crippen molar-refractivity contribution in [2.75, 3.05) is 11.9 Å². The minimum atomic E-state index is 0. The number of aliphatic imine (C=N–C) groups is 1. The summed E-state index contributed by atoms with van der Waals surface area (Å²) in [6.45, 7) is 4.45. The summed E-state index contributed by atoms with van der Waals surface area (Å²) < 4.78 is 0. The molecule has 2 aromatic heterocycles. The van der Waals surface area contributed by atoms with Crippen molar-refractivity contribution in [1.82, 2.24) is 9.97 Å². The maximum absolute atomic E-state index is 5.71. The molecule has 0 aliphatic carbocycles. The maximum Gasteiger partial charge on any atom is 0.195 e. The molecule has 0 fully saturated rings. The molecule has 23 heavy (non-hydrogen) atoms. The zero-order valence-corrected chi connectivity index (χ0v) is 15.4. The zero-order valence-electron chi connectivity index (χ0n) is 12.1. The molecule has 0 bridgehead atoms. The Morgan fingerprint density at radius 2 is 2.00 bits per heavy atom. The number of thiazole rings is 1. The molecule has 6 nitrogen and oxygen atoms in total. The minimum Gasteiger partial charge on any atom is -0.370 e. The number of halogens is 3. The van der Waals surface area contributed by atoms with E-state index in [-0.39, 0.29) is 37.2 Å². The van der Waals surface area contributed by atoms with E-state index >= 15 is 0 Å². The largest absolute Gasteiger partial charge is 0.370 e. The number of nitrogens with two attached hydrogens (primary N) is 2. The molecular weight excluding hydrogens is 379 g/mol. The van der Waals surface area contributed by atoms with Crippen LogP contribution < -0.4 is 16.8 Å². The Hall–Kier alpha value is -1.38. The Balaban J connectivity index is 0. The molecule has 0 saturated heterocycles. The minimum absolute atomic E-state index is 0. The van der Waals surface area contributed by atoms with Gasteiger partial charge in [0.25, 0.3) is 0 Å². The van der Waals surface area contributed by atoms with Gasteiger partial charge in [-0.15, -0.1) is 55.1 Å². The van der Waals surface area contributed by atoms with Gasteiger partial charge in [0.1, 0.15) is 5.69 Å². The molecule has 2 rings (SSSR count). The van der Waals surface area contributed by atoms with Crippen LogP contribution in [-0.4, -0.2) is 22.5 Å². The van der Waals surface area contributed by atoms with Crippen LogP contribution in [0.1, 0.15) is 5.69 Å². The lowest BCUT2D eigenvalue weighted by molar-refractivity contribution is 0.992. The third-order valence-electron chi connectivity index (χ3n) is 2.41. The van der Waals surface area contributed by atoms with Gasteiger partial charge in [-0.25, -0.2) is 15.0 Å². The predicted molar refractivity (Wildman–Crippen MR) is 105 cm³/mol. The average Bonchev–Trinajstić information content (AvgIpc) is 2.93. The summed E-state index contributed by atoms with van der Waals surface area (Å²) in [6, 6.07) is 5.69. The summed E-state index contributed by atoms with van der Waals surface area (Å²) in [5, 5.41) is 5.51. The van der Waals surface area contributed by atoms with Crippen molar-refractivity contribution in [1.29, 1.82) is 0 Å². The van der Waals surface area contributed by atoms with Crippen LogP contribution in [0.4, 0.5) is 5.13 Å². The molecule has 0 radical (unpaired) electrons. The standard InChI is InChI=1S/C13H16N6S.3ClH/c1-2-6-16-12(15)19-13-18-11(8-20-13)10-5-3-4-9(7-14)17-10;;;/h2-5,8H,1,6-7,14H2,(H3,15,16,18,19);3*1H. The molecule has 2 heterocycles. The summed E-state index contributed by atoms with van der Waals surface area (Å²) in [4.78, 5) is 12.9. The fourth-order valence-electron chi connectivity index (χ4n) is 1.50. The number of guanidine groups is 1. The molecule has 10 heteroatoms. The molecule has 0 amide bonds. The number of anilines is 1. The highest BCUT2D eigenvalue weighted by molar-refractivity contribution is 7.14. The maximum atomic E-state index is 5.71. The number of pyridine rings is 1. The van der Waals surface area contributed by atoms with Gasteiger partial charge in [0.05, 0.1) is 17.9 Å². The van der Waals surface area contributed by atoms with Crippen molar-refractivity contribution >= 4 is 59.6 Å². The van der Waals surface area contributed by atoms with Crippen LogP contribution in [0.5, 0.6) is 0 Å². The lowest BCUT2D eigenvalue weighted by Gasteiger charge is -2.01. The molecule has 0 aliphatic heterocycles. The van der Waals surface area contributed by atoms with Crippen LogP contribution in [0.25, 0.3) is 11.4 Å². The molecule has 5 N–H and O–H groups in total. The van der Waals surface area contributed by atoms with Gasteiger partial charge in [-0.1, -0.05) is 12.1 Å². The molecule has 0 atom stereocenters. The zero-order chi connectivity index (χ0) is 14.4. The first-order valence-electron chi connectivity index (χ1n) is 6.02. The molecule has 0 spiro atoms. The number of nitrogens with zero attached hydrogens (tertiary/aromatic N) is 3. The van der Waals surface area contributed by atoms with Crippen LogP contribution >= 0.6 is 48.6 Å². The fourth-order valence-corrected chi connectivity index (χ4v) is 2.21. The molecule has 2 aromatic rings. The Morgan fingerprint density at radius 3 is 2.65 bits per heavy atom. The van der Waals surface area contributed by atoms with Crippen molar-refractivity contribution in [3.05, 3.63) is 41.9 Å². The van der Waals surface area contributed by atoms with Gasteiger partial charge in [0.15, 0.2) is 11.1 Å². The third kappa shape index (κ3) is 7.15. The number of hydrogen-bond donors (Lipinski definition) is 3. The number of rotatable bonds is 5. The second kappa shape index (κ2) is 12.1. The van der Waals surface area contributed by atoms with Gasteiger partial charge in [-0.3, -0.25) is 0 Å². The summed E-state index contributed by atoms with van der Waals surface area (Å²) in [6.07, 6.45) is 1.67. The Morgan fingerprint density at radius 1 is 1.26 bits per heavy atom. The molecule has 128 valence electrons. The van der Waals surface area contributed by atoms with E-state index in [0.29, 0.717) is 24.2 Å². The molecule has 0 saturated carbocycles. The Labute approximate surface area is 157 Å². The second-order valence-corrected chi connectivity index (χ2v) is 4.75. The fraction of sp³-hybridized carbons (Fsp3) is 0.154. The van der Waals surface area contributed by atoms with Crippen LogP contribution in [-0.2, 0) is 6.54 Å². The van der Waals surface area contributed by atoms with Crippen LogP contribution in [0.2, 0.25) is 0 Å². The number of hydrogen-bond acceptors (Lipinski definition) is 5. The molecular formula is C13H19Cl3N6S. The first-order chi connectivity index (χ1) is 9.72. The van der Waals surface area contributed by atoms with Crippen molar-refractivity contribution < 1.29 is 0 Å². The first kappa shape index (κ1) is 23.9. The van der Waals surface area contributed by atoms with E-state index < -0.39 is 0 Å². The summed E-state index contributed by atoms with van der Waals surface area (Å²) in [7, 11) is 0. The summed E-state index contributed by atoms with van der Waals surface area (Å²) in [5.41, 5.74) is 13.7. The normalized spacial score (nSPS) is 9.87. The van der Waals surface area contributed by atoms with Gasteiger partial charge in [0, 0.05) is 11.9 Å². The van der Waals surface area contributed by atoms with Crippen molar-refractivity contribution in [2.45, 2.75) is 6.54 Å². The Bertz CT molecular complexity index is 632. The van der Waals surface area contributed by atoms with E-state index in [2.05, 4.69) is 26.9 Å². The van der Waals surface area contributed by atoms with Gasteiger partial charge in [-0.2, -0.15) is 0 Å². The predicted octanol–water partition coefficient (Wildman–Crippen LogP) is 2.84. The van der Waals surface area contributed by atoms with Gasteiger partial charge in [-0.05, 0) is 12.1 Å². The van der Waals surface area contributed by atoms with E-state index in [1.807, 2.05) is 23.6 Å². The lowest BCUT2D eigenvalue weighted by Crippen LogP contribution is -2.22. The number of nitrogens with one attached hydrogen (secondary N) is 1. The van der Waals surface area contributed by atoms with E-state index in [9.17, 15) is 0 Å².